The Morgan fingerprint density at radius 3 is 2.86 bits per heavy atom. The third-order valence-electron chi connectivity index (χ3n) is 4.14. The molecule has 1 aromatic rings. The molecule has 0 aliphatic carbocycles. The predicted molar refractivity (Wildman–Crippen MR) is 86.8 cm³/mol. The van der Waals surface area contributed by atoms with Gasteiger partial charge in [-0.15, -0.1) is 0 Å². The number of aromatic nitrogens is 2. The average molecular weight is 292 g/mol. The number of hydrogen-bond donors (Lipinski definition) is 1. The zero-order valence-corrected chi connectivity index (χ0v) is 13.6. The summed E-state index contributed by atoms with van der Waals surface area (Å²) in [4.78, 5) is 11.6. The van der Waals surface area contributed by atoms with Gasteiger partial charge in [-0.25, -0.2) is 9.97 Å². The first kappa shape index (κ1) is 16.0. The topological polar surface area (TPSA) is 50.3 Å². The molecule has 5 nitrogen and oxygen atoms in total. The van der Waals surface area contributed by atoms with Crippen LogP contribution in [0.4, 0.5) is 11.6 Å². The zero-order chi connectivity index (χ0) is 15.1. The van der Waals surface area contributed by atoms with Crippen LogP contribution in [0.15, 0.2) is 6.07 Å². The monoisotopic (exact) mass is 292 g/mol. The van der Waals surface area contributed by atoms with Crippen LogP contribution in [0.25, 0.3) is 0 Å². The molecule has 2 rings (SSSR count). The summed E-state index contributed by atoms with van der Waals surface area (Å²) in [7, 11) is 1.68. The molecule has 0 saturated carbocycles. The van der Waals surface area contributed by atoms with E-state index in [1.807, 2.05) is 0 Å². The fourth-order valence-electron chi connectivity index (χ4n) is 2.91. The minimum atomic E-state index is 0.456. The number of rotatable bonds is 6. The Hall–Kier alpha value is -1.36. The first-order valence-corrected chi connectivity index (χ1v) is 8.12. The van der Waals surface area contributed by atoms with Crippen LogP contribution in [0.5, 0.6) is 0 Å². The Morgan fingerprint density at radius 1 is 1.29 bits per heavy atom. The van der Waals surface area contributed by atoms with Crippen molar-refractivity contribution in [2.24, 2.45) is 5.92 Å². The van der Waals surface area contributed by atoms with Crippen molar-refractivity contribution in [3.8, 4) is 0 Å². The highest BCUT2D eigenvalue weighted by atomic mass is 16.5. The van der Waals surface area contributed by atoms with E-state index in [1.165, 1.54) is 25.7 Å². The third kappa shape index (κ3) is 4.56. The van der Waals surface area contributed by atoms with Crippen LogP contribution in [0, 0.1) is 5.92 Å². The molecule has 1 fully saturated rings. The van der Waals surface area contributed by atoms with Gasteiger partial charge in [0.1, 0.15) is 18.2 Å². The summed E-state index contributed by atoms with van der Waals surface area (Å²) in [6, 6.07) is 2.06. The number of anilines is 2. The Labute approximate surface area is 128 Å². The van der Waals surface area contributed by atoms with Gasteiger partial charge in [0, 0.05) is 32.8 Å². The van der Waals surface area contributed by atoms with Crippen molar-refractivity contribution in [3.05, 3.63) is 11.9 Å². The Bertz CT molecular complexity index is 414. The van der Waals surface area contributed by atoms with Crippen LogP contribution in [-0.4, -0.2) is 36.7 Å². The van der Waals surface area contributed by atoms with E-state index in [9.17, 15) is 0 Å². The molecule has 118 valence electrons. The molecule has 5 heteroatoms. The highest BCUT2D eigenvalue weighted by Crippen LogP contribution is 2.24. The summed E-state index contributed by atoms with van der Waals surface area (Å²) in [5.74, 6) is 3.54. The fourth-order valence-corrected chi connectivity index (χ4v) is 2.91. The standard InChI is InChI=1S/C16H28N4O/c1-4-13-7-6-9-20(10-8-13)16-11-14(17-5-2)18-15(19-16)12-21-3/h11,13H,4-10,12H2,1-3H3,(H,17,18,19). The first-order valence-electron chi connectivity index (χ1n) is 8.12. The largest absolute Gasteiger partial charge is 0.377 e. The second-order valence-electron chi connectivity index (χ2n) is 5.68. The summed E-state index contributed by atoms with van der Waals surface area (Å²) in [5, 5.41) is 3.29. The van der Waals surface area contributed by atoms with Crippen molar-refractivity contribution in [2.45, 2.75) is 46.1 Å². The molecule has 1 saturated heterocycles. The predicted octanol–water partition coefficient (Wildman–Crippen LogP) is 3.07. The van der Waals surface area contributed by atoms with Crippen LogP contribution in [0.1, 0.15) is 45.4 Å². The smallest absolute Gasteiger partial charge is 0.158 e. The van der Waals surface area contributed by atoms with E-state index in [-0.39, 0.29) is 0 Å². The van der Waals surface area contributed by atoms with Gasteiger partial charge in [-0.1, -0.05) is 13.3 Å². The first-order chi connectivity index (χ1) is 10.3. The van der Waals surface area contributed by atoms with Crippen molar-refractivity contribution < 1.29 is 4.74 Å². The maximum Gasteiger partial charge on any atom is 0.158 e. The molecular weight excluding hydrogens is 264 g/mol. The molecule has 21 heavy (non-hydrogen) atoms. The van der Waals surface area contributed by atoms with E-state index in [1.54, 1.807) is 7.11 Å². The lowest BCUT2D eigenvalue weighted by molar-refractivity contribution is 0.178. The van der Waals surface area contributed by atoms with Gasteiger partial charge < -0.3 is 15.0 Å². The fraction of sp³-hybridized carbons (Fsp3) is 0.750. The number of nitrogens with one attached hydrogen (secondary N) is 1. The molecule has 0 spiro atoms. The van der Waals surface area contributed by atoms with E-state index in [2.05, 4.69) is 40.1 Å². The summed E-state index contributed by atoms with van der Waals surface area (Å²) >= 11 is 0. The van der Waals surface area contributed by atoms with Crippen LogP contribution >= 0.6 is 0 Å². The maximum atomic E-state index is 5.19. The summed E-state index contributed by atoms with van der Waals surface area (Å²) in [6.45, 7) is 7.87. The molecule has 0 amide bonds. The molecule has 0 aromatic carbocycles. The minimum absolute atomic E-state index is 0.456. The normalized spacial score (nSPS) is 19.4. The molecule has 1 aliphatic heterocycles. The van der Waals surface area contributed by atoms with E-state index < -0.39 is 0 Å². The van der Waals surface area contributed by atoms with Gasteiger partial charge in [-0.05, 0) is 32.1 Å². The Balaban J connectivity index is 2.16. The van der Waals surface area contributed by atoms with E-state index in [4.69, 9.17) is 4.74 Å². The van der Waals surface area contributed by atoms with Crippen molar-refractivity contribution in [3.63, 3.8) is 0 Å². The van der Waals surface area contributed by atoms with Crippen molar-refractivity contribution >= 4 is 11.6 Å². The Morgan fingerprint density at radius 2 is 2.14 bits per heavy atom. The molecule has 0 bridgehead atoms. The number of methoxy groups -OCH3 is 1. The SMILES string of the molecule is CCNc1cc(N2CCCC(CC)CC2)nc(COC)n1. The van der Waals surface area contributed by atoms with Crippen LogP contribution in [-0.2, 0) is 11.3 Å². The lowest BCUT2D eigenvalue weighted by Gasteiger charge is -2.23. The minimum Gasteiger partial charge on any atom is -0.377 e. The second-order valence-corrected chi connectivity index (χ2v) is 5.68. The van der Waals surface area contributed by atoms with Gasteiger partial charge in [0.25, 0.3) is 0 Å². The van der Waals surface area contributed by atoms with E-state index >= 15 is 0 Å². The molecule has 0 radical (unpaired) electrons. The van der Waals surface area contributed by atoms with Crippen LogP contribution in [0.2, 0.25) is 0 Å². The summed E-state index contributed by atoms with van der Waals surface area (Å²) in [5.41, 5.74) is 0. The van der Waals surface area contributed by atoms with Crippen LogP contribution in [0.3, 0.4) is 0 Å². The van der Waals surface area contributed by atoms with Gasteiger partial charge in [0.15, 0.2) is 5.82 Å². The van der Waals surface area contributed by atoms with E-state index in [0.717, 1.165) is 43.0 Å². The lowest BCUT2D eigenvalue weighted by Crippen LogP contribution is -2.26. The third-order valence-corrected chi connectivity index (χ3v) is 4.14. The van der Waals surface area contributed by atoms with E-state index in [0.29, 0.717) is 6.61 Å². The maximum absolute atomic E-state index is 5.19. The average Bonchev–Trinajstić information content (AvgIpc) is 2.73. The zero-order valence-electron chi connectivity index (χ0n) is 13.6. The molecular formula is C16H28N4O. The molecule has 1 N–H and O–H groups in total. The number of ether oxygens (including phenoxy) is 1. The van der Waals surface area contributed by atoms with Gasteiger partial charge in [-0.3, -0.25) is 0 Å². The van der Waals surface area contributed by atoms with Crippen molar-refractivity contribution in [1.29, 1.82) is 0 Å². The summed E-state index contributed by atoms with van der Waals surface area (Å²) < 4.78 is 5.19. The van der Waals surface area contributed by atoms with Gasteiger partial charge in [0.05, 0.1) is 0 Å². The lowest BCUT2D eigenvalue weighted by atomic mass is 9.98. The second kappa shape index (κ2) is 8.17. The Kier molecular flexibility index (Phi) is 6.23. The van der Waals surface area contributed by atoms with Crippen molar-refractivity contribution in [1.82, 2.24) is 9.97 Å². The molecule has 1 atom stereocenters. The number of nitrogens with zero attached hydrogens (tertiary/aromatic N) is 3. The molecule has 2 heterocycles. The van der Waals surface area contributed by atoms with Gasteiger partial charge >= 0.3 is 0 Å². The van der Waals surface area contributed by atoms with Crippen LogP contribution < -0.4 is 10.2 Å². The summed E-state index contributed by atoms with van der Waals surface area (Å²) in [6.07, 6.45) is 5.13. The number of hydrogen-bond acceptors (Lipinski definition) is 5. The molecule has 1 unspecified atom stereocenters. The highest BCUT2D eigenvalue weighted by Gasteiger charge is 2.18. The molecule has 1 aromatic heterocycles. The highest BCUT2D eigenvalue weighted by molar-refractivity contribution is 5.49. The quantitative estimate of drug-likeness (QED) is 0.873. The molecule has 1 aliphatic rings. The van der Waals surface area contributed by atoms with Gasteiger partial charge in [-0.2, -0.15) is 0 Å². The van der Waals surface area contributed by atoms with Crippen molar-refractivity contribution in [2.75, 3.05) is 37.0 Å². The van der Waals surface area contributed by atoms with Gasteiger partial charge in [0.2, 0.25) is 0 Å².